The zero-order valence-corrected chi connectivity index (χ0v) is 12.7. The summed E-state index contributed by atoms with van der Waals surface area (Å²) in [5, 5.41) is 3.00. The lowest BCUT2D eigenvalue weighted by Crippen LogP contribution is -2.34. The van der Waals surface area contributed by atoms with Crippen molar-refractivity contribution in [3.05, 3.63) is 89.7 Å². The van der Waals surface area contributed by atoms with Crippen molar-refractivity contribution < 1.29 is 9.36 Å². The summed E-state index contributed by atoms with van der Waals surface area (Å²) in [5.41, 5.74) is 5.27. The number of hydrogen-bond donors (Lipinski definition) is 1. The molecule has 1 aliphatic rings. The number of rotatable bonds is 2. The number of hydrogen-bond acceptors (Lipinski definition) is 1. The Hall–Kier alpha value is -2.94. The summed E-state index contributed by atoms with van der Waals surface area (Å²) in [7, 11) is 0. The molecule has 1 N–H and O–H groups in total. The lowest BCUT2D eigenvalue weighted by atomic mass is 9.98. The van der Waals surface area contributed by atoms with E-state index in [1.165, 1.54) is 5.56 Å². The molecule has 0 spiro atoms. The van der Waals surface area contributed by atoms with Crippen LogP contribution in [0.1, 0.15) is 21.5 Å². The second-order valence-corrected chi connectivity index (χ2v) is 5.77. The van der Waals surface area contributed by atoms with Crippen molar-refractivity contribution in [2.75, 3.05) is 0 Å². The van der Waals surface area contributed by atoms with Crippen molar-refractivity contribution in [2.45, 2.75) is 13.1 Å². The van der Waals surface area contributed by atoms with Gasteiger partial charge in [0.2, 0.25) is 0 Å². The van der Waals surface area contributed by atoms with Gasteiger partial charge in [0.25, 0.3) is 5.91 Å². The molecule has 1 aliphatic heterocycles. The Labute approximate surface area is 135 Å². The van der Waals surface area contributed by atoms with Gasteiger partial charge in [-0.05, 0) is 17.2 Å². The molecule has 3 aromatic rings. The van der Waals surface area contributed by atoms with E-state index in [1.807, 2.05) is 30.3 Å². The highest BCUT2D eigenvalue weighted by Gasteiger charge is 2.21. The van der Waals surface area contributed by atoms with Gasteiger partial charge in [-0.25, -0.2) is 4.57 Å². The molecule has 23 heavy (non-hydrogen) atoms. The zero-order valence-electron chi connectivity index (χ0n) is 12.7. The molecule has 112 valence electrons. The Kier molecular flexibility index (Phi) is 3.39. The van der Waals surface area contributed by atoms with Crippen LogP contribution in [0, 0.1) is 0 Å². The van der Waals surface area contributed by atoms with Gasteiger partial charge in [-0.15, -0.1) is 0 Å². The maximum Gasteiger partial charge on any atom is 0.252 e. The molecule has 0 bridgehead atoms. The fourth-order valence-electron chi connectivity index (χ4n) is 3.07. The summed E-state index contributed by atoms with van der Waals surface area (Å²) in [4.78, 5) is 12.2. The van der Waals surface area contributed by atoms with Crippen molar-refractivity contribution in [2.24, 2.45) is 0 Å². The number of benzene rings is 2. The van der Waals surface area contributed by atoms with Crippen LogP contribution in [0.3, 0.4) is 0 Å². The number of nitrogens with zero attached hydrogens (tertiary/aromatic N) is 1. The predicted molar refractivity (Wildman–Crippen MR) is 88.8 cm³/mol. The molecule has 0 radical (unpaired) electrons. The molecule has 1 aromatic heterocycles. The SMILES string of the molecule is O=C1NCc2c[n+](Cc3ccccc3)ccc2-c2ccccc21. The molecule has 2 heterocycles. The molecular formula is C20H17N2O+. The summed E-state index contributed by atoms with van der Waals surface area (Å²) in [6, 6.07) is 20.3. The van der Waals surface area contributed by atoms with Crippen LogP contribution in [0.4, 0.5) is 0 Å². The van der Waals surface area contributed by atoms with E-state index < -0.39 is 0 Å². The fourth-order valence-corrected chi connectivity index (χ4v) is 3.07. The van der Waals surface area contributed by atoms with Gasteiger partial charge in [-0.1, -0.05) is 48.5 Å². The first-order chi connectivity index (χ1) is 11.3. The average molecular weight is 301 g/mol. The number of amides is 1. The fraction of sp³-hybridized carbons (Fsp3) is 0.100. The van der Waals surface area contributed by atoms with Crippen LogP contribution in [0.2, 0.25) is 0 Å². The van der Waals surface area contributed by atoms with Gasteiger partial charge in [0.05, 0.1) is 0 Å². The summed E-state index contributed by atoms with van der Waals surface area (Å²) >= 11 is 0. The molecule has 2 aromatic carbocycles. The second-order valence-electron chi connectivity index (χ2n) is 5.77. The van der Waals surface area contributed by atoms with E-state index in [-0.39, 0.29) is 5.91 Å². The van der Waals surface area contributed by atoms with Gasteiger partial charge in [0.1, 0.15) is 0 Å². The monoisotopic (exact) mass is 301 g/mol. The zero-order chi connectivity index (χ0) is 15.6. The van der Waals surface area contributed by atoms with Gasteiger partial charge in [-0.2, -0.15) is 0 Å². The van der Waals surface area contributed by atoms with Crippen LogP contribution >= 0.6 is 0 Å². The molecule has 0 aliphatic carbocycles. The molecule has 0 saturated carbocycles. The van der Waals surface area contributed by atoms with Gasteiger partial charge >= 0.3 is 0 Å². The third kappa shape index (κ3) is 2.61. The largest absolute Gasteiger partial charge is 0.348 e. The van der Waals surface area contributed by atoms with Crippen LogP contribution < -0.4 is 9.88 Å². The first kappa shape index (κ1) is 13.7. The number of fused-ring (bicyclic) bond motifs is 3. The van der Waals surface area contributed by atoms with Gasteiger partial charge < -0.3 is 5.32 Å². The van der Waals surface area contributed by atoms with E-state index in [0.29, 0.717) is 6.54 Å². The maximum absolute atomic E-state index is 12.2. The first-order valence-electron chi connectivity index (χ1n) is 7.75. The molecule has 0 unspecified atom stereocenters. The topological polar surface area (TPSA) is 33.0 Å². The molecule has 4 rings (SSSR count). The molecule has 3 nitrogen and oxygen atoms in total. The molecule has 3 heteroatoms. The molecule has 1 amide bonds. The number of nitrogens with one attached hydrogen (secondary N) is 1. The quantitative estimate of drug-likeness (QED) is 0.725. The van der Waals surface area contributed by atoms with Crippen LogP contribution in [-0.4, -0.2) is 5.91 Å². The third-order valence-corrected chi connectivity index (χ3v) is 4.21. The highest BCUT2D eigenvalue weighted by atomic mass is 16.1. The van der Waals surface area contributed by atoms with Crippen LogP contribution in [-0.2, 0) is 13.1 Å². The Morgan fingerprint density at radius 3 is 2.43 bits per heavy atom. The van der Waals surface area contributed by atoms with E-state index in [4.69, 9.17) is 0 Å². The van der Waals surface area contributed by atoms with Crippen LogP contribution in [0.25, 0.3) is 11.1 Å². The standard InChI is InChI=1S/C20H16N2O/c23-20-19-9-5-4-8-18(19)17-10-11-22(14-16(17)12-21-20)13-15-6-2-1-3-7-15/h1-11,14H,12-13H2/p+1. The highest BCUT2D eigenvalue weighted by Crippen LogP contribution is 2.28. The Morgan fingerprint density at radius 1 is 0.870 bits per heavy atom. The average Bonchev–Trinajstić information content (AvgIpc) is 2.74. The van der Waals surface area contributed by atoms with Crippen molar-refractivity contribution >= 4 is 5.91 Å². The number of pyridine rings is 1. The normalized spacial score (nSPS) is 12.8. The second kappa shape index (κ2) is 5.69. The van der Waals surface area contributed by atoms with E-state index in [2.05, 4.69) is 52.6 Å². The highest BCUT2D eigenvalue weighted by molar-refractivity contribution is 6.02. The number of carbonyl (C=O) groups excluding carboxylic acids is 1. The number of aromatic nitrogens is 1. The van der Waals surface area contributed by atoms with E-state index >= 15 is 0 Å². The number of carbonyl (C=O) groups is 1. The van der Waals surface area contributed by atoms with Gasteiger partial charge in [0.15, 0.2) is 18.9 Å². The maximum atomic E-state index is 12.2. The van der Waals surface area contributed by atoms with Crippen molar-refractivity contribution in [3.8, 4) is 11.1 Å². The minimum atomic E-state index is -0.00795. The summed E-state index contributed by atoms with van der Waals surface area (Å²) < 4.78 is 2.16. The van der Waals surface area contributed by atoms with Crippen LogP contribution in [0.15, 0.2) is 73.1 Å². The Bertz CT molecular complexity index is 872. The predicted octanol–water partition coefficient (Wildman–Crippen LogP) is 2.93. The van der Waals surface area contributed by atoms with Crippen molar-refractivity contribution in [3.63, 3.8) is 0 Å². The van der Waals surface area contributed by atoms with E-state index in [9.17, 15) is 4.79 Å². The van der Waals surface area contributed by atoms with E-state index in [1.54, 1.807) is 0 Å². The summed E-state index contributed by atoms with van der Waals surface area (Å²) in [6.07, 6.45) is 4.21. The third-order valence-electron chi connectivity index (χ3n) is 4.21. The minimum absolute atomic E-state index is 0.00795. The van der Waals surface area contributed by atoms with Crippen LogP contribution in [0.5, 0.6) is 0 Å². The molecule has 0 atom stereocenters. The van der Waals surface area contributed by atoms with Crippen molar-refractivity contribution in [1.82, 2.24) is 5.32 Å². The Morgan fingerprint density at radius 2 is 1.61 bits per heavy atom. The Balaban J connectivity index is 1.75. The molecule has 0 fully saturated rings. The molecule has 0 saturated heterocycles. The lowest BCUT2D eigenvalue weighted by Gasteiger charge is -2.07. The molecular weight excluding hydrogens is 284 g/mol. The smallest absolute Gasteiger partial charge is 0.252 e. The minimum Gasteiger partial charge on any atom is -0.348 e. The van der Waals surface area contributed by atoms with E-state index in [0.717, 1.165) is 28.8 Å². The first-order valence-corrected chi connectivity index (χ1v) is 7.75. The van der Waals surface area contributed by atoms with Gasteiger partial charge in [-0.3, -0.25) is 4.79 Å². The summed E-state index contributed by atoms with van der Waals surface area (Å²) in [5.74, 6) is -0.00795. The van der Waals surface area contributed by atoms with Crippen molar-refractivity contribution in [1.29, 1.82) is 0 Å². The lowest BCUT2D eigenvalue weighted by molar-refractivity contribution is -0.688. The van der Waals surface area contributed by atoms with Gasteiger partial charge in [0, 0.05) is 29.3 Å². The summed E-state index contributed by atoms with van der Waals surface area (Å²) in [6.45, 7) is 1.38.